The molecular formula is C13H12FN3O3. The fourth-order valence-electron chi connectivity index (χ4n) is 1.64. The lowest BCUT2D eigenvalue weighted by Gasteiger charge is -2.04. The van der Waals surface area contributed by atoms with Crippen molar-refractivity contribution in [2.75, 3.05) is 5.32 Å². The number of nitrogens with one attached hydrogen (secondary N) is 1. The van der Waals surface area contributed by atoms with E-state index >= 15 is 0 Å². The molecule has 1 aromatic heterocycles. The Hall–Kier alpha value is -2.70. The first-order chi connectivity index (χ1) is 9.38. The normalized spacial score (nSPS) is 10.3. The lowest BCUT2D eigenvalue weighted by molar-refractivity contribution is 0.0685. The van der Waals surface area contributed by atoms with E-state index in [1.807, 2.05) is 0 Å². The van der Waals surface area contributed by atoms with Crippen molar-refractivity contribution < 1.29 is 19.1 Å². The Morgan fingerprint density at radius 1 is 1.35 bits per heavy atom. The van der Waals surface area contributed by atoms with Crippen molar-refractivity contribution >= 4 is 17.6 Å². The molecule has 20 heavy (non-hydrogen) atoms. The van der Waals surface area contributed by atoms with Crippen molar-refractivity contribution in [3.8, 4) is 0 Å². The first kappa shape index (κ1) is 13.7. The maximum Gasteiger partial charge on any atom is 0.354 e. The zero-order valence-corrected chi connectivity index (χ0v) is 10.8. The van der Waals surface area contributed by atoms with E-state index in [2.05, 4.69) is 10.4 Å². The van der Waals surface area contributed by atoms with E-state index in [0.29, 0.717) is 5.56 Å². The Morgan fingerprint density at radius 3 is 2.60 bits per heavy atom. The predicted octanol–water partition coefficient (Wildman–Crippen LogP) is 1.82. The number of anilines is 1. The van der Waals surface area contributed by atoms with Gasteiger partial charge in [0.25, 0.3) is 5.91 Å². The number of benzene rings is 1. The number of rotatable bonds is 3. The third-order valence-corrected chi connectivity index (χ3v) is 2.76. The van der Waals surface area contributed by atoms with Gasteiger partial charge in [0, 0.05) is 18.8 Å². The average molecular weight is 277 g/mol. The average Bonchev–Trinajstić information content (AvgIpc) is 2.76. The van der Waals surface area contributed by atoms with E-state index in [1.54, 1.807) is 13.0 Å². The molecular weight excluding hydrogens is 265 g/mol. The molecule has 0 fully saturated rings. The topological polar surface area (TPSA) is 84.2 Å². The predicted molar refractivity (Wildman–Crippen MR) is 69.3 cm³/mol. The number of hydrogen-bond acceptors (Lipinski definition) is 3. The number of carboxylic acid groups (broad SMARTS) is 1. The van der Waals surface area contributed by atoms with Crippen LogP contribution in [-0.2, 0) is 7.05 Å². The summed E-state index contributed by atoms with van der Waals surface area (Å²) < 4.78 is 14.4. The summed E-state index contributed by atoms with van der Waals surface area (Å²) in [6.45, 7) is 1.61. The summed E-state index contributed by atoms with van der Waals surface area (Å²) >= 11 is 0. The van der Waals surface area contributed by atoms with Gasteiger partial charge in [0.1, 0.15) is 11.5 Å². The van der Waals surface area contributed by atoms with Crippen LogP contribution in [0.2, 0.25) is 0 Å². The minimum absolute atomic E-state index is 0.0501. The maximum atomic E-state index is 13.4. The highest BCUT2D eigenvalue weighted by molar-refractivity contribution is 6.04. The van der Waals surface area contributed by atoms with Gasteiger partial charge in [0.05, 0.1) is 0 Å². The smallest absolute Gasteiger partial charge is 0.354 e. The van der Waals surface area contributed by atoms with E-state index in [0.717, 1.165) is 10.7 Å². The van der Waals surface area contributed by atoms with Crippen LogP contribution >= 0.6 is 0 Å². The molecule has 2 N–H and O–H groups in total. The number of carboxylic acids is 1. The molecule has 0 saturated heterocycles. The van der Waals surface area contributed by atoms with Gasteiger partial charge in [-0.2, -0.15) is 5.10 Å². The molecule has 0 aliphatic rings. The Bertz CT molecular complexity index is 694. The van der Waals surface area contributed by atoms with Crippen LogP contribution in [0, 0.1) is 12.7 Å². The standard InChI is InChI=1S/C13H12FN3O3/c1-7-3-4-8(5-9(7)14)15-12(18)10-6-11(13(19)20)17(2)16-10/h3-6H,1-2H3,(H,15,18)(H,19,20). The SMILES string of the molecule is Cc1ccc(NC(=O)c2cc(C(=O)O)n(C)n2)cc1F. The fourth-order valence-corrected chi connectivity index (χ4v) is 1.64. The molecule has 1 amide bonds. The van der Waals surface area contributed by atoms with Crippen molar-refractivity contribution in [2.45, 2.75) is 6.92 Å². The molecule has 0 unspecified atom stereocenters. The summed E-state index contributed by atoms with van der Waals surface area (Å²) in [4.78, 5) is 22.8. The molecule has 2 rings (SSSR count). The minimum Gasteiger partial charge on any atom is -0.477 e. The second-order valence-electron chi connectivity index (χ2n) is 4.26. The number of aromatic carboxylic acids is 1. The van der Waals surface area contributed by atoms with Gasteiger partial charge in [0.15, 0.2) is 5.69 Å². The summed E-state index contributed by atoms with van der Waals surface area (Å²) in [5.41, 5.74) is 0.589. The zero-order valence-electron chi connectivity index (χ0n) is 10.8. The lowest BCUT2D eigenvalue weighted by atomic mass is 10.2. The molecule has 0 radical (unpaired) electrons. The zero-order chi connectivity index (χ0) is 14.9. The minimum atomic E-state index is -1.18. The van der Waals surface area contributed by atoms with Crippen molar-refractivity contribution in [1.82, 2.24) is 9.78 Å². The van der Waals surface area contributed by atoms with Crippen LogP contribution in [0.1, 0.15) is 26.5 Å². The second kappa shape index (κ2) is 5.12. The van der Waals surface area contributed by atoms with Crippen LogP contribution in [0.15, 0.2) is 24.3 Å². The van der Waals surface area contributed by atoms with Crippen LogP contribution < -0.4 is 5.32 Å². The third kappa shape index (κ3) is 2.66. The summed E-state index contributed by atoms with van der Waals surface area (Å²) in [5.74, 6) is -2.22. The van der Waals surface area contributed by atoms with Crippen molar-refractivity contribution in [3.63, 3.8) is 0 Å². The molecule has 0 spiro atoms. The van der Waals surface area contributed by atoms with Gasteiger partial charge >= 0.3 is 5.97 Å². The first-order valence-electron chi connectivity index (χ1n) is 5.73. The van der Waals surface area contributed by atoms with Gasteiger partial charge in [-0.15, -0.1) is 0 Å². The highest BCUT2D eigenvalue weighted by Crippen LogP contribution is 2.14. The van der Waals surface area contributed by atoms with Crippen molar-refractivity contribution in [1.29, 1.82) is 0 Å². The number of carbonyl (C=O) groups is 2. The van der Waals surface area contributed by atoms with E-state index in [9.17, 15) is 14.0 Å². The second-order valence-corrected chi connectivity index (χ2v) is 4.26. The van der Waals surface area contributed by atoms with Crippen molar-refractivity contribution in [2.24, 2.45) is 7.05 Å². The summed E-state index contributed by atoms with van der Waals surface area (Å²) in [5, 5.41) is 15.1. The number of halogens is 1. The summed E-state index contributed by atoms with van der Waals surface area (Å²) in [7, 11) is 1.42. The van der Waals surface area contributed by atoms with E-state index in [4.69, 9.17) is 5.11 Å². The Kier molecular flexibility index (Phi) is 3.51. The number of aryl methyl sites for hydroxylation is 2. The number of aromatic nitrogens is 2. The lowest BCUT2D eigenvalue weighted by Crippen LogP contribution is -2.13. The highest BCUT2D eigenvalue weighted by Gasteiger charge is 2.17. The Labute approximate surface area is 113 Å². The molecule has 7 heteroatoms. The largest absolute Gasteiger partial charge is 0.477 e. The van der Waals surface area contributed by atoms with Crippen molar-refractivity contribution in [3.05, 3.63) is 47.0 Å². The quantitative estimate of drug-likeness (QED) is 0.896. The number of hydrogen-bond donors (Lipinski definition) is 2. The molecule has 0 aliphatic carbocycles. The van der Waals surface area contributed by atoms with E-state index in [-0.39, 0.29) is 17.1 Å². The molecule has 0 saturated carbocycles. The van der Waals surface area contributed by atoms with Crippen LogP contribution in [0.25, 0.3) is 0 Å². The number of amides is 1. The molecule has 6 nitrogen and oxygen atoms in total. The summed E-state index contributed by atoms with van der Waals surface area (Å²) in [6, 6.07) is 5.43. The Balaban J connectivity index is 2.21. The maximum absolute atomic E-state index is 13.4. The molecule has 1 aromatic carbocycles. The molecule has 0 bridgehead atoms. The molecule has 0 aliphatic heterocycles. The molecule has 1 heterocycles. The van der Waals surface area contributed by atoms with Gasteiger partial charge in [-0.1, -0.05) is 6.07 Å². The number of nitrogens with zero attached hydrogens (tertiary/aromatic N) is 2. The van der Waals surface area contributed by atoms with Crippen LogP contribution in [0.5, 0.6) is 0 Å². The van der Waals surface area contributed by atoms with Crippen LogP contribution in [0.3, 0.4) is 0 Å². The highest BCUT2D eigenvalue weighted by atomic mass is 19.1. The van der Waals surface area contributed by atoms with E-state index < -0.39 is 17.7 Å². The van der Waals surface area contributed by atoms with Gasteiger partial charge in [-0.25, -0.2) is 9.18 Å². The van der Waals surface area contributed by atoms with Gasteiger partial charge < -0.3 is 10.4 Å². The van der Waals surface area contributed by atoms with Gasteiger partial charge in [0.2, 0.25) is 0 Å². The molecule has 2 aromatic rings. The van der Waals surface area contributed by atoms with Crippen LogP contribution in [-0.4, -0.2) is 26.8 Å². The first-order valence-corrected chi connectivity index (χ1v) is 5.73. The summed E-state index contributed by atoms with van der Waals surface area (Å²) in [6.07, 6.45) is 0. The number of carbonyl (C=O) groups excluding carboxylic acids is 1. The fraction of sp³-hybridized carbons (Fsp3) is 0.154. The van der Waals surface area contributed by atoms with Gasteiger partial charge in [-0.05, 0) is 24.6 Å². The molecule has 104 valence electrons. The van der Waals surface area contributed by atoms with Gasteiger partial charge in [-0.3, -0.25) is 9.48 Å². The third-order valence-electron chi connectivity index (χ3n) is 2.76. The monoisotopic (exact) mass is 277 g/mol. The molecule has 0 atom stereocenters. The Morgan fingerprint density at radius 2 is 2.05 bits per heavy atom. The van der Waals surface area contributed by atoms with E-state index in [1.165, 1.54) is 19.2 Å². The van der Waals surface area contributed by atoms with Crippen LogP contribution in [0.4, 0.5) is 10.1 Å².